The molecular formula is C44H62FNO2. The highest BCUT2D eigenvalue weighted by molar-refractivity contribution is 5.78. The smallest absolute Gasteiger partial charge is 0.315 e. The van der Waals surface area contributed by atoms with Crippen molar-refractivity contribution in [2.24, 2.45) is 62.4 Å². The molecule has 0 spiro atoms. The van der Waals surface area contributed by atoms with Crippen LogP contribution >= 0.6 is 0 Å². The van der Waals surface area contributed by atoms with Crippen LogP contribution < -0.4 is 5.73 Å². The zero-order chi connectivity index (χ0) is 34.3. The summed E-state index contributed by atoms with van der Waals surface area (Å²) in [5, 5.41) is 0. The fraction of sp³-hybridized carbons (Fsp3) is 0.705. The van der Waals surface area contributed by atoms with Gasteiger partial charge >= 0.3 is 5.97 Å². The Morgan fingerprint density at radius 3 is 2.31 bits per heavy atom. The highest BCUT2D eigenvalue weighted by Crippen LogP contribution is 2.76. The van der Waals surface area contributed by atoms with E-state index in [1.165, 1.54) is 68.1 Å². The van der Waals surface area contributed by atoms with E-state index in [0.29, 0.717) is 53.3 Å². The molecule has 0 unspecified atom stereocenters. The maximum atomic E-state index is 14.6. The minimum Gasteiger partial charge on any atom is -0.460 e. The van der Waals surface area contributed by atoms with Crippen LogP contribution in [0.15, 0.2) is 65.8 Å². The van der Waals surface area contributed by atoms with Crippen molar-refractivity contribution in [1.29, 1.82) is 0 Å². The summed E-state index contributed by atoms with van der Waals surface area (Å²) in [5.41, 5.74) is 12.2. The number of nitrogens with two attached hydrogens (primary N) is 1. The van der Waals surface area contributed by atoms with Crippen LogP contribution in [-0.4, -0.2) is 18.2 Å². The van der Waals surface area contributed by atoms with E-state index in [1.54, 1.807) is 0 Å². The van der Waals surface area contributed by atoms with Gasteiger partial charge in [-0.2, -0.15) is 0 Å². The number of allylic oxidation sites excluding steroid dienone is 5. The normalized spacial score (nSPS) is 44.6. The van der Waals surface area contributed by atoms with Crippen LogP contribution in [0.25, 0.3) is 0 Å². The first-order chi connectivity index (χ1) is 22.7. The molecule has 0 radical (unpaired) electrons. The molecule has 0 aliphatic heterocycles. The molecule has 1 aromatic carbocycles. The fourth-order valence-electron chi connectivity index (χ4n) is 13.7. The number of carbonyl (C=O) groups excluding carboxylic acids is 1. The molecule has 7 rings (SSSR count). The van der Waals surface area contributed by atoms with Crippen LogP contribution in [0.2, 0.25) is 0 Å². The Labute approximate surface area is 290 Å². The SMILES string of the molecule is C=C(C)[C@@H]1CC[C@]2(N)CC[C@]3(C)[C@H](CC[C@@H]4[C@@]5(C)CC=C(C6=CC[C@@](CF)(C(=O)OCc7ccccc7)CC6)C(C)(C)[C@@H]5CC[C@]43C)[C@@H]12. The Bertz CT molecular complexity index is 1510. The van der Waals surface area contributed by atoms with Gasteiger partial charge in [0.15, 0.2) is 0 Å². The Balaban J connectivity index is 1.12. The zero-order valence-electron chi connectivity index (χ0n) is 30.8. The molecule has 4 fully saturated rings. The predicted octanol–water partition coefficient (Wildman–Crippen LogP) is 10.7. The number of halogens is 1. The average molecular weight is 656 g/mol. The molecule has 0 amide bonds. The van der Waals surface area contributed by atoms with Crippen LogP contribution in [0.1, 0.15) is 124 Å². The molecule has 4 saturated carbocycles. The van der Waals surface area contributed by atoms with Gasteiger partial charge in [0.1, 0.15) is 13.3 Å². The van der Waals surface area contributed by atoms with E-state index in [1.807, 2.05) is 30.3 Å². The summed E-state index contributed by atoms with van der Waals surface area (Å²) in [6.07, 6.45) is 17.5. The second kappa shape index (κ2) is 11.7. The first kappa shape index (κ1) is 34.3. The van der Waals surface area contributed by atoms with Gasteiger partial charge in [-0.25, -0.2) is 4.39 Å². The third-order valence-electron chi connectivity index (χ3n) is 16.6. The minimum atomic E-state index is -1.07. The van der Waals surface area contributed by atoms with Gasteiger partial charge in [0, 0.05) is 5.54 Å². The van der Waals surface area contributed by atoms with E-state index < -0.39 is 18.1 Å². The van der Waals surface area contributed by atoms with Crippen LogP contribution in [0, 0.1) is 56.7 Å². The first-order valence-corrected chi connectivity index (χ1v) is 19.3. The lowest BCUT2D eigenvalue weighted by Gasteiger charge is -2.72. The maximum Gasteiger partial charge on any atom is 0.315 e. The summed E-state index contributed by atoms with van der Waals surface area (Å²) in [6, 6.07) is 9.68. The fourth-order valence-corrected chi connectivity index (χ4v) is 13.7. The summed E-state index contributed by atoms with van der Waals surface area (Å²) in [5.74, 6) is 2.74. The van der Waals surface area contributed by atoms with Gasteiger partial charge in [-0.05, 0) is 152 Å². The topological polar surface area (TPSA) is 52.3 Å². The van der Waals surface area contributed by atoms with Gasteiger partial charge in [-0.3, -0.25) is 4.79 Å². The van der Waals surface area contributed by atoms with E-state index in [-0.39, 0.29) is 23.0 Å². The van der Waals surface area contributed by atoms with Crippen LogP contribution in [0.5, 0.6) is 0 Å². The Morgan fingerprint density at radius 2 is 1.65 bits per heavy atom. The Kier molecular flexibility index (Phi) is 8.33. The summed E-state index contributed by atoms with van der Waals surface area (Å²) in [6.45, 7) is 19.3. The Morgan fingerprint density at radius 1 is 0.896 bits per heavy atom. The predicted molar refractivity (Wildman–Crippen MR) is 194 cm³/mol. The molecule has 4 heteroatoms. The molecule has 1 aromatic rings. The summed E-state index contributed by atoms with van der Waals surface area (Å²) in [7, 11) is 0. The lowest BCUT2D eigenvalue weighted by atomic mass is 9.33. The molecule has 3 nitrogen and oxygen atoms in total. The van der Waals surface area contributed by atoms with Gasteiger partial charge in [0.25, 0.3) is 0 Å². The van der Waals surface area contributed by atoms with Crippen molar-refractivity contribution in [2.75, 3.05) is 6.67 Å². The summed E-state index contributed by atoms with van der Waals surface area (Å²) in [4.78, 5) is 13.3. The number of hydrogen-bond acceptors (Lipinski definition) is 3. The van der Waals surface area contributed by atoms with Gasteiger partial charge < -0.3 is 10.5 Å². The monoisotopic (exact) mass is 655 g/mol. The van der Waals surface area contributed by atoms with Crippen LogP contribution in [-0.2, 0) is 16.1 Å². The largest absolute Gasteiger partial charge is 0.460 e. The number of alkyl halides is 1. The van der Waals surface area contributed by atoms with Crippen LogP contribution in [0.3, 0.4) is 0 Å². The zero-order valence-corrected chi connectivity index (χ0v) is 30.8. The van der Waals surface area contributed by atoms with Gasteiger partial charge in [0.05, 0.1) is 5.41 Å². The molecule has 10 atom stereocenters. The van der Waals surface area contributed by atoms with E-state index in [9.17, 15) is 9.18 Å². The van der Waals surface area contributed by atoms with Crippen molar-refractivity contribution in [3.63, 3.8) is 0 Å². The standard InChI is InChI=1S/C44H62FNO2/c1-29(2)32-17-24-44(46)26-25-41(6)34(37(32)44)13-14-36-40(5)20-18-33(39(3,4)35(40)19-21-42(36,41)7)31-15-22-43(28-45,23-16-31)38(47)48-27-30-11-9-8-10-12-30/h8-12,15,18,32,34-37H,1,13-14,16-17,19-28,46H2,2-7H3/t32-,34+,35-,36+,37+,40-,41+,42+,43+,44-/m0/s1. The molecule has 6 aliphatic carbocycles. The van der Waals surface area contributed by atoms with E-state index in [2.05, 4.69) is 60.3 Å². The highest BCUT2D eigenvalue weighted by Gasteiger charge is 2.70. The average Bonchev–Trinajstić information content (AvgIpc) is 3.42. The van der Waals surface area contributed by atoms with Crippen molar-refractivity contribution in [1.82, 2.24) is 0 Å². The second-order valence-electron chi connectivity index (χ2n) is 18.9. The summed E-state index contributed by atoms with van der Waals surface area (Å²) < 4.78 is 20.3. The van der Waals surface area contributed by atoms with Crippen molar-refractivity contribution in [3.8, 4) is 0 Å². The van der Waals surface area contributed by atoms with E-state index >= 15 is 0 Å². The lowest BCUT2D eigenvalue weighted by Crippen LogP contribution is -2.67. The molecule has 0 saturated heterocycles. The molecule has 2 N–H and O–H groups in total. The Hall–Kier alpha value is -2.20. The number of rotatable bonds is 6. The lowest BCUT2D eigenvalue weighted by molar-refractivity contribution is -0.219. The number of hydrogen-bond donors (Lipinski definition) is 1. The van der Waals surface area contributed by atoms with Crippen molar-refractivity contribution >= 4 is 5.97 Å². The minimum absolute atomic E-state index is 0.00531. The summed E-state index contributed by atoms with van der Waals surface area (Å²) >= 11 is 0. The van der Waals surface area contributed by atoms with Crippen molar-refractivity contribution in [3.05, 3.63) is 71.3 Å². The third kappa shape index (κ3) is 4.84. The number of esters is 1. The van der Waals surface area contributed by atoms with Crippen molar-refractivity contribution in [2.45, 2.75) is 131 Å². The van der Waals surface area contributed by atoms with Gasteiger partial charge in [0.2, 0.25) is 0 Å². The molecule has 6 aliphatic rings. The van der Waals surface area contributed by atoms with Crippen molar-refractivity contribution < 1.29 is 13.9 Å². The van der Waals surface area contributed by atoms with Gasteiger partial charge in [-0.1, -0.05) is 89.3 Å². The number of carbonyl (C=O) groups is 1. The second-order valence-corrected chi connectivity index (χ2v) is 18.9. The maximum absolute atomic E-state index is 14.6. The molecular weight excluding hydrogens is 593 g/mol. The molecule has 0 aromatic heterocycles. The molecule has 0 bridgehead atoms. The highest BCUT2D eigenvalue weighted by atomic mass is 19.1. The third-order valence-corrected chi connectivity index (χ3v) is 16.6. The molecule has 48 heavy (non-hydrogen) atoms. The van der Waals surface area contributed by atoms with Gasteiger partial charge in [-0.15, -0.1) is 0 Å². The number of benzene rings is 1. The molecule has 0 heterocycles. The first-order valence-electron chi connectivity index (χ1n) is 19.3. The number of fused-ring (bicyclic) bond motifs is 7. The number of ether oxygens (including phenoxy) is 1. The van der Waals surface area contributed by atoms with E-state index in [4.69, 9.17) is 10.5 Å². The molecule has 262 valence electrons. The quantitative estimate of drug-likeness (QED) is 0.245. The van der Waals surface area contributed by atoms with Crippen LogP contribution in [0.4, 0.5) is 4.39 Å². The van der Waals surface area contributed by atoms with E-state index in [0.717, 1.165) is 18.4 Å².